The van der Waals surface area contributed by atoms with Crippen molar-refractivity contribution in [3.05, 3.63) is 46.9 Å². The monoisotopic (exact) mass is 421 g/mol. The van der Waals surface area contributed by atoms with Crippen molar-refractivity contribution in [1.82, 2.24) is 20.3 Å². The Bertz CT molecular complexity index is 1040. The van der Waals surface area contributed by atoms with Gasteiger partial charge in [-0.1, -0.05) is 0 Å². The van der Waals surface area contributed by atoms with Gasteiger partial charge in [0.15, 0.2) is 0 Å². The number of halogens is 3. The first-order valence-corrected chi connectivity index (χ1v) is 9.99. The lowest BCUT2D eigenvalue weighted by molar-refractivity contribution is -0.141. The second-order valence-electron chi connectivity index (χ2n) is 6.93. The quantitative estimate of drug-likeness (QED) is 0.696. The van der Waals surface area contributed by atoms with Gasteiger partial charge in [0.05, 0.1) is 15.7 Å². The highest BCUT2D eigenvalue weighted by atomic mass is 32.1. The van der Waals surface area contributed by atoms with Crippen molar-refractivity contribution in [2.45, 2.75) is 32.0 Å². The number of nitrogens with zero attached hydrogens (tertiary/aromatic N) is 4. The number of thiazole rings is 1. The predicted octanol–water partition coefficient (Wildman–Crippen LogP) is 3.81. The molecule has 1 saturated heterocycles. The molecule has 0 spiro atoms. The summed E-state index contributed by atoms with van der Waals surface area (Å²) in [4.78, 5) is 26.2. The minimum absolute atomic E-state index is 0.0408. The van der Waals surface area contributed by atoms with Gasteiger partial charge in [-0.25, -0.2) is 15.0 Å². The lowest BCUT2D eigenvalue weighted by atomic mass is 10.0. The molecule has 152 valence electrons. The zero-order valence-electron chi connectivity index (χ0n) is 15.5. The largest absolute Gasteiger partial charge is 0.433 e. The number of aryl methyl sites for hydroxylation is 1. The van der Waals surface area contributed by atoms with Crippen LogP contribution >= 0.6 is 11.3 Å². The van der Waals surface area contributed by atoms with E-state index in [0.717, 1.165) is 16.3 Å². The van der Waals surface area contributed by atoms with E-state index >= 15 is 0 Å². The first-order chi connectivity index (χ1) is 13.8. The molecule has 1 aliphatic rings. The second-order valence-corrected chi connectivity index (χ2v) is 7.81. The van der Waals surface area contributed by atoms with E-state index in [1.165, 1.54) is 18.3 Å². The first-order valence-electron chi connectivity index (χ1n) is 9.11. The van der Waals surface area contributed by atoms with Crippen LogP contribution in [-0.2, 0) is 6.18 Å². The van der Waals surface area contributed by atoms with Gasteiger partial charge < -0.3 is 10.2 Å². The SMILES string of the molecule is Cc1nc(N2CCC(NC(=O)c3ccc4ncsc4c3)CC2)cc(C(F)(F)F)n1. The van der Waals surface area contributed by atoms with Crippen LogP contribution in [0.2, 0.25) is 0 Å². The Labute approximate surface area is 168 Å². The number of aromatic nitrogens is 3. The number of alkyl halides is 3. The van der Waals surface area contributed by atoms with Gasteiger partial charge in [-0.15, -0.1) is 11.3 Å². The standard InChI is InChI=1S/C19H18F3N5OS/c1-11-24-16(19(20,21)22)9-17(25-11)27-6-4-13(5-7-27)26-18(28)12-2-3-14-15(8-12)29-10-23-14/h2-3,8-10,13H,4-7H2,1H3,(H,26,28). The van der Waals surface area contributed by atoms with Gasteiger partial charge in [-0.05, 0) is 38.0 Å². The highest BCUT2D eigenvalue weighted by molar-refractivity contribution is 7.16. The van der Waals surface area contributed by atoms with E-state index < -0.39 is 11.9 Å². The van der Waals surface area contributed by atoms with Crippen molar-refractivity contribution in [2.24, 2.45) is 0 Å². The van der Waals surface area contributed by atoms with Crippen molar-refractivity contribution >= 4 is 33.3 Å². The Morgan fingerprint density at radius 3 is 2.69 bits per heavy atom. The molecule has 1 fully saturated rings. The van der Waals surface area contributed by atoms with Gasteiger partial charge in [-0.3, -0.25) is 4.79 Å². The molecule has 6 nitrogen and oxygen atoms in total. The van der Waals surface area contributed by atoms with Crippen LogP contribution in [0.4, 0.5) is 19.0 Å². The summed E-state index contributed by atoms with van der Waals surface area (Å²) in [5, 5.41) is 3.02. The Morgan fingerprint density at radius 1 is 1.21 bits per heavy atom. The molecule has 1 aromatic carbocycles. The van der Waals surface area contributed by atoms with Crippen LogP contribution < -0.4 is 10.2 Å². The minimum Gasteiger partial charge on any atom is -0.356 e. The van der Waals surface area contributed by atoms with E-state index in [9.17, 15) is 18.0 Å². The molecule has 1 aliphatic heterocycles. The molecule has 3 heterocycles. The third kappa shape index (κ3) is 4.31. The summed E-state index contributed by atoms with van der Waals surface area (Å²) in [5.74, 6) is 0.199. The van der Waals surface area contributed by atoms with Crippen LogP contribution in [0, 0.1) is 6.92 Å². The number of amides is 1. The number of nitrogens with one attached hydrogen (secondary N) is 1. The highest BCUT2D eigenvalue weighted by Crippen LogP contribution is 2.30. The molecule has 0 unspecified atom stereocenters. The number of fused-ring (bicyclic) bond motifs is 1. The molecule has 1 N–H and O–H groups in total. The van der Waals surface area contributed by atoms with Gasteiger partial charge in [0, 0.05) is 30.8 Å². The number of rotatable bonds is 3. The number of carbonyl (C=O) groups is 1. The summed E-state index contributed by atoms with van der Waals surface area (Å²) in [6.07, 6.45) is -3.26. The molecule has 2 aromatic heterocycles. The Balaban J connectivity index is 1.39. The number of carbonyl (C=O) groups excluding carboxylic acids is 1. The van der Waals surface area contributed by atoms with Crippen molar-refractivity contribution in [2.75, 3.05) is 18.0 Å². The molecule has 0 aliphatic carbocycles. The van der Waals surface area contributed by atoms with Crippen molar-refractivity contribution in [1.29, 1.82) is 0 Å². The maximum absolute atomic E-state index is 13.0. The van der Waals surface area contributed by atoms with E-state index in [4.69, 9.17) is 0 Å². The van der Waals surface area contributed by atoms with Crippen LogP contribution in [0.3, 0.4) is 0 Å². The fraction of sp³-hybridized carbons (Fsp3) is 0.368. The van der Waals surface area contributed by atoms with Gasteiger partial charge in [0.2, 0.25) is 0 Å². The second kappa shape index (κ2) is 7.58. The van der Waals surface area contributed by atoms with Gasteiger partial charge in [0.1, 0.15) is 17.3 Å². The summed E-state index contributed by atoms with van der Waals surface area (Å²) in [6, 6.07) is 6.32. The van der Waals surface area contributed by atoms with E-state index in [-0.39, 0.29) is 23.6 Å². The minimum atomic E-state index is -4.51. The van der Waals surface area contributed by atoms with Crippen LogP contribution in [0.25, 0.3) is 10.2 Å². The number of piperidine rings is 1. The number of hydrogen-bond donors (Lipinski definition) is 1. The fourth-order valence-electron chi connectivity index (χ4n) is 3.38. The smallest absolute Gasteiger partial charge is 0.356 e. The maximum atomic E-state index is 13.0. The van der Waals surface area contributed by atoms with Crippen LogP contribution in [0.15, 0.2) is 29.8 Å². The summed E-state index contributed by atoms with van der Waals surface area (Å²) in [5.41, 5.74) is 2.23. The summed E-state index contributed by atoms with van der Waals surface area (Å²) < 4.78 is 39.9. The maximum Gasteiger partial charge on any atom is 0.433 e. The Morgan fingerprint density at radius 2 is 1.97 bits per heavy atom. The van der Waals surface area contributed by atoms with Crippen LogP contribution in [0.5, 0.6) is 0 Å². The van der Waals surface area contributed by atoms with Crippen LogP contribution in [0.1, 0.15) is 34.7 Å². The van der Waals surface area contributed by atoms with Gasteiger partial charge >= 0.3 is 6.18 Å². The van der Waals surface area contributed by atoms with Crippen molar-refractivity contribution < 1.29 is 18.0 Å². The van der Waals surface area contributed by atoms with E-state index in [1.54, 1.807) is 16.5 Å². The summed E-state index contributed by atoms with van der Waals surface area (Å²) in [6.45, 7) is 2.46. The molecule has 0 saturated carbocycles. The average Bonchev–Trinajstić information content (AvgIpc) is 3.15. The zero-order valence-corrected chi connectivity index (χ0v) is 16.3. The molecule has 1 amide bonds. The molecule has 10 heteroatoms. The average molecular weight is 421 g/mol. The molecular formula is C19H18F3N5OS. The van der Waals surface area contributed by atoms with E-state index in [0.29, 0.717) is 31.5 Å². The summed E-state index contributed by atoms with van der Waals surface area (Å²) in [7, 11) is 0. The molecule has 0 radical (unpaired) electrons. The van der Waals surface area contributed by atoms with E-state index in [1.807, 2.05) is 12.1 Å². The lowest BCUT2D eigenvalue weighted by Gasteiger charge is -2.33. The fourth-order valence-corrected chi connectivity index (χ4v) is 4.09. The van der Waals surface area contributed by atoms with Crippen molar-refractivity contribution in [3.63, 3.8) is 0 Å². The number of benzene rings is 1. The van der Waals surface area contributed by atoms with Gasteiger partial charge in [0.25, 0.3) is 5.91 Å². The molecule has 3 aromatic rings. The molecule has 29 heavy (non-hydrogen) atoms. The third-order valence-corrected chi connectivity index (χ3v) is 5.65. The topological polar surface area (TPSA) is 71.0 Å². The number of hydrogen-bond acceptors (Lipinski definition) is 6. The predicted molar refractivity (Wildman–Crippen MR) is 104 cm³/mol. The Kier molecular flexibility index (Phi) is 5.12. The van der Waals surface area contributed by atoms with Gasteiger partial charge in [-0.2, -0.15) is 13.2 Å². The zero-order chi connectivity index (χ0) is 20.6. The highest BCUT2D eigenvalue weighted by Gasteiger charge is 2.34. The third-order valence-electron chi connectivity index (χ3n) is 4.86. The first kappa shape index (κ1) is 19.6. The Hall–Kier alpha value is -2.75. The summed E-state index contributed by atoms with van der Waals surface area (Å²) >= 11 is 1.48. The van der Waals surface area contributed by atoms with Crippen molar-refractivity contribution in [3.8, 4) is 0 Å². The molecule has 0 bridgehead atoms. The molecule has 0 atom stereocenters. The molecule has 4 rings (SSSR count). The lowest BCUT2D eigenvalue weighted by Crippen LogP contribution is -2.45. The number of anilines is 1. The van der Waals surface area contributed by atoms with Crippen LogP contribution in [-0.4, -0.2) is 40.0 Å². The molecular weight excluding hydrogens is 403 g/mol. The van der Waals surface area contributed by atoms with E-state index in [2.05, 4.69) is 20.3 Å². The normalized spacial score (nSPS) is 15.7.